The first-order chi connectivity index (χ1) is 9.58. The molecule has 0 unspecified atom stereocenters. The number of nitrogens with two attached hydrogens (primary N) is 1. The minimum atomic E-state index is -0.310. The molecule has 0 spiro atoms. The second kappa shape index (κ2) is 6.16. The third-order valence-electron chi connectivity index (χ3n) is 2.58. The molecule has 1 amide bonds. The highest BCUT2D eigenvalue weighted by atomic mass is 32.1. The van der Waals surface area contributed by atoms with E-state index in [0.29, 0.717) is 17.1 Å². The van der Waals surface area contributed by atoms with Crippen molar-refractivity contribution in [3.8, 4) is 5.75 Å². The van der Waals surface area contributed by atoms with Crippen molar-refractivity contribution >= 4 is 28.9 Å². The number of thiocarbonyl (C=S) groups is 1. The molecule has 7 heteroatoms. The van der Waals surface area contributed by atoms with Crippen LogP contribution in [-0.4, -0.2) is 27.3 Å². The van der Waals surface area contributed by atoms with E-state index >= 15 is 0 Å². The molecule has 2 aromatic rings. The summed E-state index contributed by atoms with van der Waals surface area (Å²) < 4.78 is 6.85. The van der Waals surface area contributed by atoms with Crippen LogP contribution in [0.25, 0.3) is 0 Å². The van der Waals surface area contributed by atoms with Crippen molar-refractivity contribution in [1.82, 2.24) is 9.78 Å². The topological polar surface area (TPSA) is 82.2 Å². The molecular formula is C13H14N4O2S. The zero-order valence-electron chi connectivity index (χ0n) is 10.9. The van der Waals surface area contributed by atoms with Gasteiger partial charge in [-0.2, -0.15) is 5.10 Å². The summed E-state index contributed by atoms with van der Waals surface area (Å²) in [5, 5.41) is 6.68. The maximum absolute atomic E-state index is 11.8. The summed E-state index contributed by atoms with van der Waals surface area (Å²) in [5.74, 6) is 0.774. The van der Waals surface area contributed by atoms with Crippen molar-refractivity contribution in [3.05, 3.63) is 42.1 Å². The molecule has 0 aliphatic rings. The van der Waals surface area contributed by atoms with Gasteiger partial charge in [-0.15, -0.1) is 0 Å². The van der Waals surface area contributed by atoms with Crippen LogP contribution in [-0.2, 0) is 11.8 Å². The number of benzene rings is 1. The lowest BCUT2D eigenvalue weighted by molar-refractivity contribution is -0.118. The Bertz CT molecular complexity index is 625. The Labute approximate surface area is 121 Å². The SMILES string of the molecule is Cn1ncc(C(N)=S)c1NC(=O)COc1ccccc1. The van der Waals surface area contributed by atoms with E-state index in [4.69, 9.17) is 22.7 Å². The van der Waals surface area contributed by atoms with Gasteiger partial charge >= 0.3 is 0 Å². The van der Waals surface area contributed by atoms with Crippen LogP contribution in [0.4, 0.5) is 5.82 Å². The minimum Gasteiger partial charge on any atom is -0.484 e. The Kier molecular flexibility index (Phi) is 4.31. The number of aryl methyl sites for hydroxylation is 1. The van der Waals surface area contributed by atoms with Gasteiger partial charge in [-0.3, -0.25) is 9.48 Å². The van der Waals surface area contributed by atoms with Gasteiger partial charge in [0.1, 0.15) is 16.6 Å². The predicted molar refractivity (Wildman–Crippen MR) is 79.7 cm³/mol. The van der Waals surface area contributed by atoms with E-state index in [0.717, 1.165) is 0 Å². The van der Waals surface area contributed by atoms with Crippen molar-refractivity contribution < 1.29 is 9.53 Å². The molecule has 0 radical (unpaired) electrons. The van der Waals surface area contributed by atoms with Gasteiger partial charge in [0.05, 0.1) is 11.8 Å². The van der Waals surface area contributed by atoms with Crippen LogP contribution in [0.5, 0.6) is 5.75 Å². The summed E-state index contributed by atoms with van der Waals surface area (Å²) in [6.07, 6.45) is 1.51. The quantitative estimate of drug-likeness (QED) is 0.805. The van der Waals surface area contributed by atoms with Gasteiger partial charge < -0.3 is 15.8 Å². The number of anilines is 1. The first kappa shape index (κ1) is 14.0. The number of nitrogens with one attached hydrogen (secondary N) is 1. The van der Waals surface area contributed by atoms with Gasteiger partial charge in [-0.05, 0) is 12.1 Å². The highest BCUT2D eigenvalue weighted by molar-refractivity contribution is 7.80. The fourth-order valence-electron chi connectivity index (χ4n) is 1.60. The highest BCUT2D eigenvalue weighted by Gasteiger charge is 2.14. The van der Waals surface area contributed by atoms with Crippen LogP contribution in [0, 0.1) is 0 Å². The molecule has 6 nitrogen and oxygen atoms in total. The van der Waals surface area contributed by atoms with Crippen LogP contribution in [0.3, 0.4) is 0 Å². The summed E-state index contributed by atoms with van der Waals surface area (Å²) in [4.78, 5) is 12.0. The Morgan fingerprint density at radius 1 is 1.45 bits per heavy atom. The molecule has 0 aliphatic heterocycles. The molecule has 3 N–H and O–H groups in total. The summed E-state index contributed by atoms with van der Waals surface area (Å²) in [6.45, 7) is -0.105. The summed E-state index contributed by atoms with van der Waals surface area (Å²) in [5.41, 5.74) is 6.09. The molecule has 0 atom stereocenters. The monoisotopic (exact) mass is 290 g/mol. The van der Waals surface area contributed by atoms with Crippen LogP contribution in [0.1, 0.15) is 5.56 Å². The Hall–Kier alpha value is -2.41. The number of ether oxygens (including phenoxy) is 1. The van der Waals surface area contributed by atoms with Crippen molar-refractivity contribution in [2.75, 3.05) is 11.9 Å². The first-order valence-corrected chi connectivity index (χ1v) is 6.28. The highest BCUT2D eigenvalue weighted by Crippen LogP contribution is 2.14. The number of carbonyl (C=O) groups excluding carboxylic acids is 1. The lowest BCUT2D eigenvalue weighted by Gasteiger charge is -2.09. The lowest BCUT2D eigenvalue weighted by Crippen LogP contribution is -2.23. The van der Waals surface area contributed by atoms with Crippen LogP contribution in [0.15, 0.2) is 36.5 Å². The van der Waals surface area contributed by atoms with Gasteiger partial charge in [-0.25, -0.2) is 0 Å². The van der Waals surface area contributed by atoms with E-state index in [1.54, 1.807) is 19.2 Å². The number of nitrogens with zero attached hydrogens (tertiary/aromatic N) is 2. The summed E-state index contributed by atoms with van der Waals surface area (Å²) in [7, 11) is 1.69. The zero-order valence-corrected chi connectivity index (χ0v) is 11.7. The number of rotatable bonds is 5. The molecule has 20 heavy (non-hydrogen) atoms. The summed E-state index contributed by atoms with van der Waals surface area (Å²) in [6, 6.07) is 9.09. The van der Waals surface area contributed by atoms with E-state index < -0.39 is 0 Å². The molecule has 2 rings (SSSR count). The van der Waals surface area contributed by atoms with Crippen molar-refractivity contribution in [2.24, 2.45) is 12.8 Å². The van der Waals surface area contributed by atoms with Crippen LogP contribution >= 0.6 is 12.2 Å². The Morgan fingerprint density at radius 2 is 2.15 bits per heavy atom. The molecular weight excluding hydrogens is 276 g/mol. The molecule has 1 aromatic carbocycles. The van der Waals surface area contributed by atoms with Gasteiger partial charge in [0.15, 0.2) is 6.61 Å². The standard InChI is InChI=1S/C13H14N4O2S/c1-17-13(10(7-15-17)12(14)20)16-11(18)8-19-9-5-3-2-4-6-9/h2-7H,8H2,1H3,(H2,14,20)(H,16,18). The Balaban J connectivity index is 1.98. The Morgan fingerprint density at radius 3 is 2.80 bits per heavy atom. The average molecular weight is 290 g/mol. The molecule has 0 saturated heterocycles. The maximum Gasteiger partial charge on any atom is 0.263 e. The number of hydrogen-bond donors (Lipinski definition) is 2. The maximum atomic E-state index is 11.8. The third-order valence-corrected chi connectivity index (χ3v) is 2.80. The molecule has 0 saturated carbocycles. The zero-order chi connectivity index (χ0) is 14.5. The van der Waals surface area contributed by atoms with E-state index in [9.17, 15) is 4.79 Å². The van der Waals surface area contributed by atoms with E-state index in [1.807, 2.05) is 18.2 Å². The summed E-state index contributed by atoms with van der Waals surface area (Å²) >= 11 is 4.90. The molecule has 104 valence electrons. The molecule has 0 fully saturated rings. The van der Waals surface area contributed by atoms with Crippen molar-refractivity contribution in [1.29, 1.82) is 0 Å². The van der Waals surface area contributed by atoms with Crippen molar-refractivity contribution in [3.63, 3.8) is 0 Å². The van der Waals surface area contributed by atoms with Crippen molar-refractivity contribution in [2.45, 2.75) is 0 Å². The average Bonchev–Trinajstić information content (AvgIpc) is 2.79. The fraction of sp³-hybridized carbons (Fsp3) is 0.154. The number of hydrogen-bond acceptors (Lipinski definition) is 4. The molecule has 0 bridgehead atoms. The largest absolute Gasteiger partial charge is 0.484 e. The van der Waals surface area contributed by atoms with Crippen LogP contribution < -0.4 is 15.8 Å². The molecule has 0 aliphatic carbocycles. The molecule has 1 aromatic heterocycles. The fourth-order valence-corrected chi connectivity index (χ4v) is 1.75. The van der Waals surface area contributed by atoms with E-state index in [2.05, 4.69) is 10.4 Å². The van der Waals surface area contributed by atoms with E-state index in [-0.39, 0.29) is 17.5 Å². The predicted octanol–water partition coefficient (Wildman–Crippen LogP) is 1.07. The van der Waals surface area contributed by atoms with E-state index in [1.165, 1.54) is 10.9 Å². The lowest BCUT2D eigenvalue weighted by atomic mass is 10.3. The van der Waals surface area contributed by atoms with Gasteiger partial charge in [0.2, 0.25) is 0 Å². The third kappa shape index (κ3) is 3.33. The number of para-hydroxylation sites is 1. The second-order valence-electron chi connectivity index (χ2n) is 4.04. The normalized spacial score (nSPS) is 10.1. The van der Waals surface area contributed by atoms with Gasteiger partial charge in [0, 0.05) is 7.05 Å². The first-order valence-electron chi connectivity index (χ1n) is 5.87. The minimum absolute atomic E-state index is 0.105. The number of amides is 1. The van der Waals surface area contributed by atoms with Gasteiger partial charge in [-0.1, -0.05) is 30.4 Å². The van der Waals surface area contributed by atoms with Crippen LogP contribution in [0.2, 0.25) is 0 Å². The number of aromatic nitrogens is 2. The van der Waals surface area contributed by atoms with Gasteiger partial charge in [0.25, 0.3) is 5.91 Å². The number of carbonyl (C=O) groups is 1. The second-order valence-corrected chi connectivity index (χ2v) is 4.48. The smallest absolute Gasteiger partial charge is 0.263 e. The molecule has 1 heterocycles.